The molecule has 1 unspecified atom stereocenters. The molecule has 112 valence electrons. The normalized spacial score (nSPS) is 21.1. The molecule has 0 aliphatic carbocycles. The Kier molecular flexibility index (Phi) is 4.68. The summed E-state index contributed by atoms with van der Waals surface area (Å²) in [5, 5.41) is 9.16. The van der Waals surface area contributed by atoms with Crippen LogP contribution < -0.4 is 5.73 Å². The highest BCUT2D eigenvalue weighted by atomic mass is 79.9. The fourth-order valence-corrected chi connectivity index (χ4v) is 4.59. The molecule has 0 aromatic heterocycles. The van der Waals surface area contributed by atoms with Gasteiger partial charge in [0.25, 0.3) is 0 Å². The Hall–Kier alpha value is -0.700. The van der Waals surface area contributed by atoms with Crippen molar-refractivity contribution >= 4 is 31.6 Å². The molecule has 1 aliphatic heterocycles. The lowest BCUT2D eigenvalue weighted by atomic mass is 10.0. The van der Waals surface area contributed by atoms with E-state index in [1.54, 1.807) is 0 Å². The van der Waals surface area contributed by atoms with Crippen molar-refractivity contribution < 1.29 is 17.9 Å². The number of rotatable bonds is 3. The Morgan fingerprint density at radius 1 is 1.50 bits per heavy atom. The number of nitrogens with two attached hydrogens (primary N) is 1. The van der Waals surface area contributed by atoms with Gasteiger partial charge in [0.15, 0.2) is 5.82 Å². The third-order valence-electron chi connectivity index (χ3n) is 3.37. The topological polar surface area (TPSA) is 83.6 Å². The standard InChI is InChI=1S/C12H16BrFN2O3S/c13-10-4-9(15)5-11(12(10)14)20(18,19)16-3-1-2-8(6-16)7-17/h4-5,8,17H,1-3,6-7,15H2. The number of hydrogen-bond donors (Lipinski definition) is 2. The summed E-state index contributed by atoms with van der Waals surface area (Å²) in [6.07, 6.45) is 1.42. The molecule has 0 radical (unpaired) electrons. The summed E-state index contributed by atoms with van der Waals surface area (Å²) in [5.74, 6) is -0.948. The molecular weight excluding hydrogens is 351 g/mol. The first-order valence-corrected chi connectivity index (χ1v) is 8.45. The first-order chi connectivity index (χ1) is 9.36. The number of halogens is 2. The van der Waals surface area contributed by atoms with Crippen molar-refractivity contribution in [1.29, 1.82) is 0 Å². The van der Waals surface area contributed by atoms with Crippen LogP contribution in [0.2, 0.25) is 0 Å². The molecule has 1 saturated heterocycles. The van der Waals surface area contributed by atoms with Crippen molar-refractivity contribution in [1.82, 2.24) is 4.31 Å². The molecule has 1 heterocycles. The van der Waals surface area contributed by atoms with Crippen LogP contribution in [-0.2, 0) is 10.0 Å². The molecule has 0 bridgehead atoms. The Morgan fingerprint density at radius 2 is 2.20 bits per heavy atom. The van der Waals surface area contributed by atoms with E-state index < -0.39 is 20.7 Å². The van der Waals surface area contributed by atoms with E-state index in [9.17, 15) is 12.8 Å². The number of benzene rings is 1. The van der Waals surface area contributed by atoms with E-state index in [0.717, 1.165) is 12.5 Å². The van der Waals surface area contributed by atoms with Gasteiger partial charge in [-0.1, -0.05) is 0 Å². The zero-order valence-electron chi connectivity index (χ0n) is 10.7. The second kappa shape index (κ2) is 5.97. The largest absolute Gasteiger partial charge is 0.399 e. The summed E-state index contributed by atoms with van der Waals surface area (Å²) in [6, 6.07) is 2.44. The van der Waals surface area contributed by atoms with Gasteiger partial charge in [-0.25, -0.2) is 12.8 Å². The maximum absolute atomic E-state index is 14.1. The molecule has 0 saturated carbocycles. The highest BCUT2D eigenvalue weighted by molar-refractivity contribution is 9.10. The number of piperidine rings is 1. The highest BCUT2D eigenvalue weighted by Gasteiger charge is 2.32. The van der Waals surface area contributed by atoms with Gasteiger partial charge in [-0.3, -0.25) is 0 Å². The van der Waals surface area contributed by atoms with Gasteiger partial charge in [-0.05, 0) is 46.8 Å². The van der Waals surface area contributed by atoms with Crippen LogP contribution in [0.15, 0.2) is 21.5 Å². The highest BCUT2D eigenvalue weighted by Crippen LogP contribution is 2.30. The molecule has 1 fully saturated rings. The van der Waals surface area contributed by atoms with Gasteiger partial charge in [-0.2, -0.15) is 4.31 Å². The van der Waals surface area contributed by atoms with Gasteiger partial charge < -0.3 is 10.8 Å². The quantitative estimate of drug-likeness (QED) is 0.795. The van der Waals surface area contributed by atoms with Crippen LogP contribution in [0.25, 0.3) is 0 Å². The molecule has 1 atom stereocenters. The number of aliphatic hydroxyl groups excluding tert-OH is 1. The van der Waals surface area contributed by atoms with Crippen molar-refractivity contribution in [3.05, 3.63) is 22.4 Å². The molecule has 5 nitrogen and oxygen atoms in total. The lowest BCUT2D eigenvalue weighted by Crippen LogP contribution is -2.41. The monoisotopic (exact) mass is 366 g/mol. The van der Waals surface area contributed by atoms with Gasteiger partial charge >= 0.3 is 0 Å². The zero-order chi connectivity index (χ0) is 14.9. The van der Waals surface area contributed by atoms with E-state index in [1.165, 1.54) is 10.4 Å². The molecule has 0 spiro atoms. The fourth-order valence-electron chi connectivity index (χ4n) is 2.30. The van der Waals surface area contributed by atoms with Gasteiger partial charge in [0.2, 0.25) is 10.0 Å². The van der Waals surface area contributed by atoms with Crippen molar-refractivity contribution in [2.75, 3.05) is 25.4 Å². The molecule has 1 aromatic carbocycles. The summed E-state index contributed by atoms with van der Waals surface area (Å²) in [5.41, 5.74) is 5.76. The summed E-state index contributed by atoms with van der Waals surface area (Å²) in [7, 11) is -3.94. The summed E-state index contributed by atoms with van der Waals surface area (Å²) < 4.78 is 40.3. The van der Waals surface area contributed by atoms with Crippen LogP contribution in [-0.4, -0.2) is 37.5 Å². The maximum Gasteiger partial charge on any atom is 0.246 e. The minimum absolute atomic E-state index is 0.0202. The molecule has 1 aliphatic rings. The van der Waals surface area contributed by atoms with Crippen LogP contribution in [0.4, 0.5) is 10.1 Å². The van der Waals surface area contributed by atoms with Crippen molar-refractivity contribution in [2.45, 2.75) is 17.7 Å². The van der Waals surface area contributed by atoms with E-state index in [2.05, 4.69) is 15.9 Å². The minimum atomic E-state index is -3.94. The number of nitrogens with zero attached hydrogens (tertiary/aromatic N) is 1. The molecule has 20 heavy (non-hydrogen) atoms. The SMILES string of the molecule is Nc1cc(Br)c(F)c(S(=O)(=O)N2CCCC(CO)C2)c1. The smallest absolute Gasteiger partial charge is 0.246 e. The Labute approximate surface area is 125 Å². The first kappa shape index (κ1) is 15.7. The number of aliphatic hydroxyl groups is 1. The average Bonchev–Trinajstić information content (AvgIpc) is 2.42. The fraction of sp³-hybridized carbons (Fsp3) is 0.500. The second-order valence-corrected chi connectivity index (χ2v) is 7.63. The maximum atomic E-state index is 14.1. The van der Waals surface area contributed by atoms with E-state index in [-0.39, 0.29) is 29.2 Å². The van der Waals surface area contributed by atoms with Gasteiger partial charge in [0.1, 0.15) is 4.90 Å². The predicted octanol–water partition coefficient (Wildman–Crippen LogP) is 1.56. The van der Waals surface area contributed by atoms with Crippen LogP contribution in [0.1, 0.15) is 12.8 Å². The van der Waals surface area contributed by atoms with Crippen molar-refractivity contribution in [3.63, 3.8) is 0 Å². The Balaban J connectivity index is 2.40. The van der Waals surface area contributed by atoms with Crippen LogP contribution >= 0.6 is 15.9 Å². The van der Waals surface area contributed by atoms with Gasteiger partial charge in [-0.15, -0.1) is 0 Å². The molecule has 2 rings (SSSR count). The van der Waals surface area contributed by atoms with Crippen LogP contribution in [0.5, 0.6) is 0 Å². The predicted molar refractivity (Wildman–Crippen MR) is 77.1 cm³/mol. The third kappa shape index (κ3) is 2.98. The number of nitrogen functional groups attached to an aromatic ring is 1. The summed E-state index contributed by atoms with van der Waals surface area (Å²) in [4.78, 5) is -0.428. The van der Waals surface area contributed by atoms with Crippen molar-refractivity contribution in [2.24, 2.45) is 5.92 Å². The van der Waals surface area contributed by atoms with Crippen LogP contribution in [0.3, 0.4) is 0 Å². The number of anilines is 1. The number of hydrogen-bond acceptors (Lipinski definition) is 4. The van der Waals surface area contributed by atoms with E-state index in [0.29, 0.717) is 13.0 Å². The molecule has 0 amide bonds. The second-order valence-electron chi connectivity index (χ2n) is 4.87. The lowest BCUT2D eigenvalue weighted by Gasteiger charge is -2.31. The molecular formula is C12H16BrFN2O3S. The first-order valence-electron chi connectivity index (χ1n) is 6.21. The number of sulfonamides is 1. The van der Waals surface area contributed by atoms with E-state index in [1.807, 2.05) is 0 Å². The summed E-state index contributed by atoms with van der Waals surface area (Å²) >= 11 is 2.96. The van der Waals surface area contributed by atoms with E-state index in [4.69, 9.17) is 10.8 Å². The van der Waals surface area contributed by atoms with Gasteiger partial charge in [0, 0.05) is 25.4 Å². The van der Waals surface area contributed by atoms with E-state index >= 15 is 0 Å². The molecule has 8 heteroatoms. The average molecular weight is 367 g/mol. The molecule has 1 aromatic rings. The lowest BCUT2D eigenvalue weighted by molar-refractivity contribution is 0.165. The Morgan fingerprint density at radius 3 is 2.85 bits per heavy atom. The third-order valence-corrected chi connectivity index (χ3v) is 5.82. The van der Waals surface area contributed by atoms with Crippen molar-refractivity contribution in [3.8, 4) is 0 Å². The molecule has 3 N–H and O–H groups in total. The van der Waals surface area contributed by atoms with Gasteiger partial charge in [0.05, 0.1) is 4.47 Å². The summed E-state index contributed by atoms with van der Waals surface area (Å²) in [6.45, 7) is 0.449. The zero-order valence-corrected chi connectivity index (χ0v) is 13.1. The Bertz CT molecular complexity index is 609. The van der Waals surface area contributed by atoms with Crippen LogP contribution in [0, 0.1) is 11.7 Å². The minimum Gasteiger partial charge on any atom is -0.399 e.